The Labute approximate surface area is 201 Å². The summed E-state index contributed by atoms with van der Waals surface area (Å²) in [5.41, 5.74) is -2.46. The molecule has 0 amide bonds. The van der Waals surface area contributed by atoms with Crippen molar-refractivity contribution in [1.29, 1.82) is 0 Å². The maximum absolute atomic E-state index is 14.1. The highest BCUT2D eigenvalue weighted by molar-refractivity contribution is 6.00. The van der Waals surface area contributed by atoms with Crippen molar-refractivity contribution in [2.75, 3.05) is 6.61 Å². The molecule has 1 saturated heterocycles. The molecule has 0 aromatic heterocycles. The minimum atomic E-state index is -1.12. The van der Waals surface area contributed by atoms with Gasteiger partial charge in [-0.2, -0.15) is 0 Å². The lowest BCUT2D eigenvalue weighted by molar-refractivity contribution is -0.168. The molecule has 0 radical (unpaired) electrons. The summed E-state index contributed by atoms with van der Waals surface area (Å²) in [6.07, 6.45) is 0.451. The van der Waals surface area contributed by atoms with E-state index in [2.05, 4.69) is 6.92 Å². The van der Waals surface area contributed by atoms with Crippen molar-refractivity contribution < 1.29 is 34.8 Å². The number of carbonyl (C=O) groups is 2. The van der Waals surface area contributed by atoms with Crippen molar-refractivity contribution in [1.82, 2.24) is 0 Å². The molecule has 1 aliphatic heterocycles. The number of aliphatic hydroxyl groups excluding tert-OH is 4. The first-order valence-electron chi connectivity index (χ1n) is 12.8. The van der Waals surface area contributed by atoms with Crippen molar-refractivity contribution in [2.24, 2.45) is 33.5 Å². The van der Waals surface area contributed by atoms with Gasteiger partial charge in [0.25, 0.3) is 0 Å². The van der Waals surface area contributed by atoms with Crippen molar-refractivity contribution >= 4 is 11.8 Å². The average molecular weight is 477 g/mol. The molecular weight excluding hydrogens is 436 g/mol. The molecule has 1 heterocycles. The van der Waals surface area contributed by atoms with Crippen LogP contribution in [0.15, 0.2) is 11.1 Å². The molecule has 190 valence electrons. The highest BCUT2D eigenvalue weighted by Gasteiger charge is 2.73. The number of esters is 1. The Morgan fingerprint density at radius 3 is 2.21 bits per heavy atom. The van der Waals surface area contributed by atoms with Crippen LogP contribution in [0.4, 0.5) is 0 Å². The SMILES string of the molecule is CC1(C)[C@@H](O)CC[C@]2(C)C3=C([C@@H](O)C[C@@H]12)[C@]1(C)[C@@H](O)C[C@H]([C@]2(CO)CCC(=O)O2)[C@@]1(C)CC3=O. The van der Waals surface area contributed by atoms with Crippen LogP contribution in [-0.2, 0) is 14.3 Å². The van der Waals surface area contributed by atoms with E-state index in [1.165, 1.54) is 0 Å². The summed E-state index contributed by atoms with van der Waals surface area (Å²) in [4.78, 5) is 26.2. The van der Waals surface area contributed by atoms with Gasteiger partial charge >= 0.3 is 5.97 Å². The minimum absolute atomic E-state index is 0.0232. The molecule has 7 heteroatoms. The average Bonchev–Trinajstić information content (AvgIpc) is 3.24. The highest BCUT2D eigenvalue weighted by atomic mass is 16.6. The Kier molecular flexibility index (Phi) is 5.13. The van der Waals surface area contributed by atoms with Crippen LogP contribution in [0.5, 0.6) is 0 Å². The number of hydrogen-bond acceptors (Lipinski definition) is 7. The monoisotopic (exact) mass is 476 g/mol. The highest BCUT2D eigenvalue weighted by Crippen LogP contribution is 2.72. The Balaban J connectivity index is 1.69. The second-order valence-electron chi connectivity index (χ2n) is 13.1. The molecule has 34 heavy (non-hydrogen) atoms. The first-order valence-corrected chi connectivity index (χ1v) is 12.8. The number of allylic oxidation sites excluding steroid dienone is 1. The van der Waals surface area contributed by atoms with Crippen molar-refractivity contribution in [3.8, 4) is 0 Å². The van der Waals surface area contributed by atoms with Crippen LogP contribution >= 0.6 is 0 Å². The molecule has 7 nitrogen and oxygen atoms in total. The number of hydrogen-bond donors (Lipinski definition) is 4. The predicted molar refractivity (Wildman–Crippen MR) is 123 cm³/mol. The van der Waals surface area contributed by atoms with Crippen LogP contribution in [0.1, 0.15) is 79.6 Å². The second kappa shape index (κ2) is 7.15. The van der Waals surface area contributed by atoms with E-state index in [0.29, 0.717) is 43.3 Å². The van der Waals surface area contributed by atoms with Crippen molar-refractivity contribution in [3.63, 3.8) is 0 Å². The molecule has 0 bridgehead atoms. The van der Waals surface area contributed by atoms with E-state index in [-0.39, 0.29) is 37.1 Å². The Hall–Kier alpha value is -1.28. The third kappa shape index (κ3) is 2.67. The lowest BCUT2D eigenvalue weighted by Crippen LogP contribution is -2.62. The van der Waals surface area contributed by atoms with Gasteiger partial charge in [-0.3, -0.25) is 9.59 Å². The molecule has 4 N–H and O–H groups in total. The van der Waals surface area contributed by atoms with E-state index in [1.54, 1.807) is 0 Å². The standard InChI is InChI=1S/C27H40O7/c1-23(2)16-10-14(29)22-21(24(16,3)8-6-18(23)31)15(30)12-25(4)17(11-19(32)26(22,25)5)27(13-28)9-7-20(33)34-27/h14,16-19,28-29,31-32H,6-13H2,1-5H3/t14-,16-,17-,18-,19-,24-,25+,26-,27+/m0/s1. The minimum Gasteiger partial charge on any atom is -0.456 e. The van der Waals surface area contributed by atoms with Gasteiger partial charge in [0.05, 0.1) is 24.9 Å². The van der Waals surface area contributed by atoms with Crippen LogP contribution < -0.4 is 0 Å². The van der Waals surface area contributed by atoms with Crippen LogP contribution in [0.25, 0.3) is 0 Å². The molecule has 0 aromatic rings. The number of cyclic esters (lactones) is 1. The Morgan fingerprint density at radius 1 is 0.941 bits per heavy atom. The van der Waals surface area contributed by atoms with E-state index in [0.717, 1.165) is 0 Å². The summed E-state index contributed by atoms with van der Waals surface area (Å²) in [5, 5.41) is 44.4. The smallest absolute Gasteiger partial charge is 0.306 e. The summed E-state index contributed by atoms with van der Waals surface area (Å²) in [6.45, 7) is 9.72. The van der Waals surface area contributed by atoms with Gasteiger partial charge in [0.15, 0.2) is 5.78 Å². The molecule has 2 saturated carbocycles. The van der Waals surface area contributed by atoms with Gasteiger partial charge in [-0.25, -0.2) is 0 Å². The fraction of sp³-hybridized carbons (Fsp3) is 0.852. The first-order chi connectivity index (χ1) is 15.7. The third-order valence-corrected chi connectivity index (χ3v) is 11.5. The molecule has 0 spiro atoms. The van der Waals surface area contributed by atoms with Crippen molar-refractivity contribution in [3.05, 3.63) is 11.1 Å². The molecule has 3 fully saturated rings. The molecule has 9 atom stereocenters. The maximum Gasteiger partial charge on any atom is 0.306 e. The fourth-order valence-corrected chi connectivity index (χ4v) is 9.37. The van der Waals surface area contributed by atoms with E-state index in [4.69, 9.17) is 4.74 Å². The van der Waals surface area contributed by atoms with Gasteiger partial charge in [-0.15, -0.1) is 0 Å². The van der Waals surface area contributed by atoms with E-state index in [9.17, 15) is 30.0 Å². The molecule has 0 unspecified atom stereocenters. The van der Waals surface area contributed by atoms with Crippen LogP contribution in [0.3, 0.4) is 0 Å². The number of aliphatic hydroxyl groups is 4. The lowest BCUT2D eigenvalue weighted by atomic mass is 9.42. The molecular formula is C27H40O7. The predicted octanol–water partition coefficient (Wildman–Crippen LogP) is 2.29. The third-order valence-electron chi connectivity index (χ3n) is 11.5. The number of carbonyl (C=O) groups excluding carboxylic acids is 2. The molecule has 5 aliphatic rings. The van der Waals surface area contributed by atoms with Crippen molar-refractivity contribution in [2.45, 2.75) is 103 Å². The topological polar surface area (TPSA) is 124 Å². The zero-order chi connectivity index (χ0) is 25.1. The molecule has 4 aliphatic carbocycles. The van der Waals surface area contributed by atoms with Gasteiger partial charge in [0, 0.05) is 36.2 Å². The molecule has 5 rings (SSSR count). The second-order valence-corrected chi connectivity index (χ2v) is 13.1. The summed E-state index contributed by atoms with van der Waals surface area (Å²) in [6, 6.07) is 0. The molecule has 0 aromatic carbocycles. The normalized spacial score (nSPS) is 52.2. The quantitative estimate of drug-likeness (QED) is 0.451. The largest absolute Gasteiger partial charge is 0.456 e. The van der Waals surface area contributed by atoms with Gasteiger partial charge < -0.3 is 25.2 Å². The summed E-state index contributed by atoms with van der Waals surface area (Å²) in [5.74, 6) is -0.858. The van der Waals surface area contributed by atoms with E-state index < -0.39 is 51.5 Å². The van der Waals surface area contributed by atoms with Crippen LogP contribution in [-0.4, -0.2) is 62.7 Å². The maximum atomic E-state index is 14.1. The van der Waals surface area contributed by atoms with Gasteiger partial charge in [0.2, 0.25) is 0 Å². The number of ether oxygens (including phenoxy) is 1. The Bertz CT molecular complexity index is 970. The number of Topliss-reactive ketones (excluding diaryl/α,β-unsaturated/α-hetero) is 1. The summed E-state index contributed by atoms with van der Waals surface area (Å²) in [7, 11) is 0. The fourth-order valence-electron chi connectivity index (χ4n) is 9.37. The van der Waals surface area contributed by atoms with Gasteiger partial charge in [-0.1, -0.05) is 34.6 Å². The van der Waals surface area contributed by atoms with E-state index in [1.807, 2.05) is 27.7 Å². The number of ketones is 1. The van der Waals surface area contributed by atoms with Crippen LogP contribution in [0, 0.1) is 33.5 Å². The zero-order valence-corrected chi connectivity index (χ0v) is 21.1. The van der Waals surface area contributed by atoms with Gasteiger partial charge in [0.1, 0.15) is 5.60 Å². The Morgan fingerprint density at radius 2 is 1.62 bits per heavy atom. The van der Waals surface area contributed by atoms with Crippen LogP contribution in [0.2, 0.25) is 0 Å². The first kappa shape index (κ1) is 24.4. The summed E-state index contributed by atoms with van der Waals surface area (Å²) >= 11 is 0. The number of rotatable bonds is 2. The lowest BCUT2D eigenvalue weighted by Gasteiger charge is -2.62. The zero-order valence-electron chi connectivity index (χ0n) is 21.1. The summed E-state index contributed by atoms with van der Waals surface area (Å²) < 4.78 is 5.71. The van der Waals surface area contributed by atoms with E-state index >= 15 is 0 Å². The number of fused-ring (bicyclic) bond motifs is 4. The van der Waals surface area contributed by atoms with Gasteiger partial charge in [-0.05, 0) is 53.4 Å².